The van der Waals surface area contributed by atoms with Gasteiger partial charge in [0.15, 0.2) is 5.03 Å². The maximum absolute atomic E-state index is 12.5. The molecule has 0 spiro atoms. The van der Waals surface area contributed by atoms with E-state index < -0.39 is 16.1 Å². The number of hydrogen-bond acceptors (Lipinski definition) is 6. The summed E-state index contributed by atoms with van der Waals surface area (Å²) in [6.07, 6.45) is 7.25. The number of carbonyl (C=O) groups is 1. The second-order valence-corrected chi connectivity index (χ2v) is 8.39. The highest BCUT2D eigenvalue weighted by Gasteiger charge is 2.26. The number of rotatable bonds is 4. The van der Waals surface area contributed by atoms with E-state index in [4.69, 9.17) is 0 Å². The van der Waals surface area contributed by atoms with Gasteiger partial charge >= 0.3 is 6.03 Å². The normalized spacial score (nSPS) is 15.1. The third-order valence-corrected chi connectivity index (χ3v) is 6.30. The van der Waals surface area contributed by atoms with Crippen LogP contribution in [0.5, 0.6) is 0 Å². The number of amides is 2. The smallest absolute Gasteiger partial charge is 0.333 e. The van der Waals surface area contributed by atoms with Crippen molar-refractivity contribution in [2.75, 3.05) is 17.7 Å². The zero-order valence-corrected chi connectivity index (χ0v) is 15.8. The molecule has 9 heteroatoms. The van der Waals surface area contributed by atoms with Crippen molar-refractivity contribution in [2.24, 2.45) is 0 Å². The van der Waals surface area contributed by atoms with Crippen molar-refractivity contribution >= 4 is 27.7 Å². The van der Waals surface area contributed by atoms with E-state index in [0.717, 1.165) is 55.3 Å². The summed E-state index contributed by atoms with van der Waals surface area (Å²) in [4.78, 5) is 20.3. The van der Waals surface area contributed by atoms with Crippen molar-refractivity contribution in [1.29, 1.82) is 0 Å². The van der Waals surface area contributed by atoms with E-state index in [1.807, 2.05) is 0 Å². The van der Waals surface area contributed by atoms with Gasteiger partial charge in [-0.2, -0.15) is 13.4 Å². The molecule has 2 aliphatic rings. The Morgan fingerprint density at radius 1 is 1.07 bits per heavy atom. The van der Waals surface area contributed by atoms with E-state index in [1.54, 1.807) is 7.05 Å². The molecule has 0 radical (unpaired) electrons. The molecular weight excluding hydrogens is 366 g/mol. The van der Waals surface area contributed by atoms with Gasteiger partial charge in [-0.3, -0.25) is 0 Å². The van der Waals surface area contributed by atoms with Crippen LogP contribution in [0, 0.1) is 0 Å². The van der Waals surface area contributed by atoms with Crippen molar-refractivity contribution in [3.8, 4) is 0 Å². The minimum Gasteiger partial charge on any atom is -0.357 e. The van der Waals surface area contributed by atoms with Gasteiger partial charge in [-0.1, -0.05) is 6.07 Å². The molecule has 0 saturated carbocycles. The third-order valence-electron chi connectivity index (χ3n) is 5.07. The third kappa shape index (κ3) is 3.34. The van der Waals surface area contributed by atoms with E-state index in [1.165, 1.54) is 23.4 Å². The highest BCUT2D eigenvalue weighted by atomic mass is 32.2. The predicted octanol–water partition coefficient (Wildman–Crippen LogP) is 2.01. The molecule has 2 aliphatic carbocycles. The first kappa shape index (κ1) is 17.7. The van der Waals surface area contributed by atoms with Crippen LogP contribution in [0.2, 0.25) is 0 Å². The zero-order valence-electron chi connectivity index (χ0n) is 15.0. The van der Waals surface area contributed by atoms with Crippen LogP contribution in [0.4, 0.5) is 16.4 Å². The zero-order chi connectivity index (χ0) is 19.0. The number of carbonyl (C=O) groups excluding carboxylic acids is 1. The van der Waals surface area contributed by atoms with Crippen LogP contribution in [0.25, 0.3) is 0 Å². The van der Waals surface area contributed by atoms with Gasteiger partial charge in [0.05, 0.1) is 0 Å². The van der Waals surface area contributed by atoms with Gasteiger partial charge in [0, 0.05) is 18.9 Å². The number of aryl methyl sites for hydroxylation is 2. The van der Waals surface area contributed by atoms with E-state index in [-0.39, 0.29) is 11.0 Å². The summed E-state index contributed by atoms with van der Waals surface area (Å²) in [5.41, 5.74) is 5.61. The molecule has 2 amide bonds. The Kier molecular flexibility index (Phi) is 4.47. The molecule has 0 unspecified atom stereocenters. The molecule has 27 heavy (non-hydrogen) atoms. The maximum atomic E-state index is 12.5. The molecule has 0 atom stereocenters. The molecule has 3 N–H and O–H groups in total. The molecule has 1 aromatic carbocycles. The van der Waals surface area contributed by atoms with Crippen molar-refractivity contribution in [3.63, 3.8) is 0 Å². The SMILES string of the molecule is CNc1nccc(S(=O)(=O)NC(=O)Nc2c3c(cc4c2CCC4)CCC3)n1. The average molecular weight is 387 g/mol. The fourth-order valence-corrected chi connectivity index (χ4v) is 4.74. The Morgan fingerprint density at radius 3 is 2.37 bits per heavy atom. The molecule has 1 heterocycles. The summed E-state index contributed by atoms with van der Waals surface area (Å²) in [5, 5.41) is 5.22. The van der Waals surface area contributed by atoms with Crippen LogP contribution in [0.15, 0.2) is 23.4 Å². The molecule has 1 aromatic heterocycles. The summed E-state index contributed by atoms with van der Waals surface area (Å²) >= 11 is 0. The maximum Gasteiger partial charge on any atom is 0.333 e. The van der Waals surface area contributed by atoms with Crippen molar-refractivity contribution in [1.82, 2.24) is 14.7 Å². The van der Waals surface area contributed by atoms with Crippen LogP contribution in [-0.4, -0.2) is 31.5 Å². The number of nitrogens with one attached hydrogen (secondary N) is 3. The van der Waals surface area contributed by atoms with Gasteiger partial charge in [-0.05, 0) is 66.8 Å². The monoisotopic (exact) mass is 387 g/mol. The van der Waals surface area contributed by atoms with Crippen LogP contribution >= 0.6 is 0 Å². The lowest BCUT2D eigenvalue weighted by Gasteiger charge is -2.16. The fraction of sp³-hybridized carbons (Fsp3) is 0.389. The first-order valence-corrected chi connectivity index (χ1v) is 10.5. The fourth-order valence-electron chi connectivity index (χ4n) is 3.89. The molecule has 4 rings (SSSR count). The summed E-state index contributed by atoms with van der Waals surface area (Å²) < 4.78 is 27.0. The Bertz CT molecular complexity index is 988. The quantitative estimate of drug-likeness (QED) is 0.692. The number of hydrogen-bond donors (Lipinski definition) is 3. The molecule has 142 valence electrons. The Hall–Kier alpha value is -2.68. The molecule has 8 nitrogen and oxygen atoms in total. The number of nitrogens with zero attached hydrogens (tertiary/aromatic N) is 2. The van der Waals surface area contributed by atoms with E-state index in [2.05, 4.69) is 31.4 Å². The molecule has 2 aromatic rings. The minimum absolute atomic E-state index is 0.164. The second-order valence-electron chi connectivity index (χ2n) is 6.76. The lowest BCUT2D eigenvalue weighted by molar-refractivity contribution is 0.256. The lowest BCUT2D eigenvalue weighted by Crippen LogP contribution is -2.35. The summed E-state index contributed by atoms with van der Waals surface area (Å²) in [7, 11) is -2.51. The summed E-state index contributed by atoms with van der Waals surface area (Å²) in [6, 6.07) is 2.73. The Labute approximate surface area is 157 Å². The van der Waals surface area contributed by atoms with Crippen LogP contribution in [0.1, 0.15) is 35.1 Å². The Balaban J connectivity index is 1.59. The lowest BCUT2D eigenvalue weighted by atomic mass is 9.99. The van der Waals surface area contributed by atoms with Crippen molar-refractivity contribution in [3.05, 3.63) is 40.6 Å². The molecule has 0 bridgehead atoms. The standard InChI is InChI=1S/C18H21N5O3S/c1-19-17-20-9-8-15(21-17)27(25,26)23-18(24)22-16-13-6-2-4-11(13)10-12-5-3-7-14(12)16/h8-10H,2-7H2,1H3,(H,19,20,21)(H2,22,23,24). The van der Waals surface area contributed by atoms with Crippen molar-refractivity contribution < 1.29 is 13.2 Å². The van der Waals surface area contributed by atoms with Gasteiger partial charge in [-0.15, -0.1) is 0 Å². The molecule has 0 aliphatic heterocycles. The van der Waals surface area contributed by atoms with Crippen molar-refractivity contribution in [2.45, 2.75) is 43.6 Å². The van der Waals surface area contributed by atoms with Gasteiger partial charge < -0.3 is 10.6 Å². The molecule has 0 saturated heterocycles. The average Bonchev–Trinajstić information content (AvgIpc) is 3.30. The van der Waals surface area contributed by atoms with E-state index >= 15 is 0 Å². The van der Waals surface area contributed by atoms with Crippen LogP contribution in [0.3, 0.4) is 0 Å². The molecular formula is C18H21N5O3S. The topological polar surface area (TPSA) is 113 Å². The highest BCUT2D eigenvalue weighted by molar-refractivity contribution is 7.90. The van der Waals surface area contributed by atoms with Gasteiger partial charge in [0.25, 0.3) is 10.0 Å². The number of aromatic nitrogens is 2. The van der Waals surface area contributed by atoms with Gasteiger partial charge in [-0.25, -0.2) is 14.5 Å². The first-order chi connectivity index (χ1) is 13.0. The molecule has 0 fully saturated rings. The van der Waals surface area contributed by atoms with Crippen LogP contribution < -0.4 is 15.4 Å². The number of benzene rings is 1. The van der Waals surface area contributed by atoms with E-state index in [0.29, 0.717) is 0 Å². The summed E-state index contributed by atoms with van der Waals surface area (Å²) in [6.45, 7) is 0. The number of fused-ring (bicyclic) bond motifs is 2. The van der Waals surface area contributed by atoms with E-state index in [9.17, 15) is 13.2 Å². The number of anilines is 2. The number of urea groups is 1. The first-order valence-electron chi connectivity index (χ1n) is 8.99. The predicted molar refractivity (Wildman–Crippen MR) is 101 cm³/mol. The van der Waals surface area contributed by atoms with Gasteiger partial charge in [0.2, 0.25) is 5.95 Å². The Morgan fingerprint density at radius 2 is 1.74 bits per heavy atom. The summed E-state index contributed by atoms with van der Waals surface area (Å²) in [5.74, 6) is 0.164. The van der Waals surface area contributed by atoms with Gasteiger partial charge in [0.1, 0.15) is 0 Å². The minimum atomic E-state index is -4.09. The van der Waals surface area contributed by atoms with Crippen LogP contribution in [-0.2, 0) is 35.7 Å². The highest BCUT2D eigenvalue weighted by Crippen LogP contribution is 2.38. The second kappa shape index (κ2) is 6.80. The largest absolute Gasteiger partial charge is 0.357 e. The number of sulfonamides is 1.